The van der Waals surface area contributed by atoms with Gasteiger partial charge in [0.05, 0.1) is 0 Å². The molecule has 1 unspecified atom stereocenters. The lowest BCUT2D eigenvalue weighted by Gasteiger charge is -1.85. The van der Waals surface area contributed by atoms with Gasteiger partial charge in [-0.2, -0.15) is 5.06 Å². The van der Waals surface area contributed by atoms with Gasteiger partial charge in [-0.15, -0.1) is 0 Å². The quantitative estimate of drug-likeness (QED) is 0.683. The third kappa shape index (κ3) is 4.80. The molecule has 0 bridgehead atoms. The van der Waals surface area contributed by atoms with Gasteiger partial charge >= 0.3 is 0 Å². The van der Waals surface area contributed by atoms with E-state index in [-0.39, 0.29) is 0 Å². The van der Waals surface area contributed by atoms with Crippen molar-refractivity contribution in [3.05, 3.63) is 42.5 Å². The normalized spacial score (nSPS) is 17.9. The largest absolute Gasteiger partial charge is 0.279 e. The van der Waals surface area contributed by atoms with Crippen molar-refractivity contribution in [2.24, 2.45) is 0 Å². The highest BCUT2D eigenvalue weighted by Crippen LogP contribution is 2.04. The maximum atomic E-state index is 4.78. The Morgan fingerprint density at radius 2 is 2.07 bits per heavy atom. The number of hydrogen-bond donors (Lipinski definition) is 0. The highest BCUT2D eigenvalue weighted by Gasteiger charge is 2.15. The molecule has 0 spiro atoms. The first-order valence-electron chi connectivity index (χ1n) is 4.92. The molecule has 1 atom stereocenters. The van der Waals surface area contributed by atoms with E-state index < -0.39 is 0 Å². The van der Waals surface area contributed by atoms with Crippen LogP contribution in [0.1, 0.15) is 18.9 Å². The summed E-state index contributed by atoms with van der Waals surface area (Å²) >= 11 is 0. The van der Waals surface area contributed by atoms with Crippen LogP contribution in [0.5, 0.6) is 0 Å². The highest BCUT2D eigenvalue weighted by atomic mass is 16.8. The Balaban J connectivity index is 0.000000146. The Bertz CT molecular complexity index is 254. The van der Waals surface area contributed by atoms with Crippen LogP contribution in [0.3, 0.4) is 0 Å². The monoisotopic (exact) mass is 191 g/mol. The summed E-state index contributed by atoms with van der Waals surface area (Å²) in [6, 6.07) is 10.0. The molecule has 1 fully saturated rings. The second-order valence-electron chi connectivity index (χ2n) is 3.08. The molecule has 0 radical (unpaired) electrons. The number of benzene rings is 1. The van der Waals surface area contributed by atoms with Crippen LogP contribution in [0.25, 0.3) is 6.08 Å². The van der Waals surface area contributed by atoms with Crippen molar-refractivity contribution in [2.45, 2.75) is 13.3 Å². The average molecular weight is 191 g/mol. The van der Waals surface area contributed by atoms with E-state index in [9.17, 15) is 0 Å². The summed E-state index contributed by atoms with van der Waals surface area (Å²) in [5, 5.41) is 1.93. The Morgan fingerprint density at radius 1 is 1.43 bits per heavy atom. The zero-order valence-electron chi connectivity index (χ0n) is 8.65. The van der Waals surface area contributed by atoms with Crippen molar-refractivity contribution < 1.29 is 4.84 Å². The minimum atomic E-state index is 0.855. The Labute approximate surface area is 85.8 Å². The van der Waals surface area contributed by atoms with Crippen molar-refractivity contribution in [1.29, 1.82) is 0 Å². The van der Waals surface area contributed by atoms with Gasteiger partial charge in [-0.3, -0.25) is 4.84 Å². The van der Waals surface area contributed by atoms with Gasteiger partial charge in [-0.25, -0.2) is 0 Å². The zero-order valence-corrected chi connectivity index (χ0v) is 8.65. The fourth-order valence-corrected chi connectivity index (χ4v) is 1.01. The molecule has 1 aliphatic rings. The van der Waals surface area contributed by atoms with Gasteiger partial charge in [0.25, 0.3) is 0 Å². The summed E-state index contributed by atoms with van der Waals surface area (Å²) in [4.78, 5) is 4.78. The molecular weight excluding hydrogens is 174 g/mol. The Hall–Kier alpha value is -1.12. The summed E-state index contributed by atoms with van der Waals surface area (Å²) < 4.78 is 0. The lowest BCUT2D eigenvalue weighted by atomic mass is 10.2. The predicted molar refractivity (Wildman–Crippen MR) is 59.5 cm³/mol. The second kappa shape index (κ2) is 6.35. The van der Waals surface area contributed by atoms with Gasteiger partial charge in [0.2, 0.25) is 0 Å². The SMILES string of the molecule is C=Cc1ccccc1.CCCN1CO1. The smallest absolute Gasteiger partial charge is 0.144 e. The number of hydrogen-bond acceptors (Lipinski definition) is 2. The van der Waals surface area contributed by atoms with Crippen LogP contribution in [0.2, 0.25) is 0 Å². The van der Waals surface area contributed by atoms with E-state index in [1.807, 2.05) is 41.5 Å². The molecule has 1 saturated heterocycles. The molecule has 1 aromatic rings. The number of hydroxylamine groups is 2. The molecule has 1 aliphatic heterocycles. The summed E-state index contributed by atoms with van der Waals surface area (Å²) in [5.41, 5.74) is 1.17. The summed E-state index contributed by atoms with van der Waals surface area (Å²) in [5.74, 6) is 0. The minimum absolute atomic E-state index is 0.855. The van der Waals surface area contributed by atoms with E-state index in [2.05, 4.69) is 13.5 Å². The van der Waals surface area contributed by atoms with E-state index in [1.165, 1.54) is 12.0 Å². The highest BCUT2D eigenvalue weighted by molar-refractivity contribution is 5.45. The first-order chi connectivity index (χ1) is 6.86. The van der Waals surface area contributed by atoms with Gasteiger partial charge in [-0.05, 0) is 12.0 Å². The summed E-state index contributed by atoms with van der Waals surface area (Å²) in [7, 11) is 0. The molecular formula is C12H17NO. The van der Waals surface area contributed by atoms with Crippen molar-refractivity contribution in [3.63, 3.8) is 0 Å². The fourth-order valence-electron chi connectivity index (χ4n) is 1.01. The van der Waals surface area contributed by atoms with E-state index in [1.54, 1.807) is 0 Å². The molecule has 0 amide bonds. The van der Waals surface area contributed by atoms with Crippen LogP contribution in [0, 0.1) is 0 Å². The zero-order chi connectivity index (χ0) is 10.2. The topological polar surface area (TPSA) is 15.5 Å². The molecule has 0 aromatic heterocycles. The van der Waals surface area contributed by atoms with E-state index in [4.69, 9.17) is 4.84 Å². The molecule has 14 heavy (non-hydrogen) atoms. The lowest BCUT2D eigenvalue weighted by molar-refractivity contribution is 0.201. The Morgan fingerprint density at radius 3 is 2.36 bits per heavy atom. The second-order valence-corrected chi connectivity index (χ2v) is 3.08. The molecule has 2 heteroatoms. The maximum Gasteiger partial charge on any atom is 0.144 e. The van der Waals surface area contributed by atoms with Gasteiger partial charge < -0.3 is 0 Å². The van der Waals surface area contributed by atoms with Gasteiger partial charge in [0.1, 0.15) is 6.73 Å². The molecule has 2 rings (SSSR count). The van der Waals surface area contributed by atoms with Crippen LogP contribution < -0.4 is 0 Å². The lowest BCUT2D eigenvalue weighted by Crippen LogP contribution is -1.94. The third-order valence-corrected chi connectivity index (χ3v) is 1.82. The van der Waals surface area contributed by atoms with E-state index >= 15 is 0 Å². The first kappa shape index (κ1) is 11.0. The number of nitrogens with zero attached hydrogens (tertiary/aromatic N) is 1. The average Bonchev–Trinajstić information content (AvgIpc) is 3.05. The van der Waals surface area contributed by atoms with Crippen LogP contribution in [0.4, 0.5) is 0 Å². The summed E-state index contributed by atoms with van der Waals surface area (Å²) in [6.07, 6.45) is 3.03. The summed E-state index contributed by atoms with van der Waals surface area (Å²) in [6.45, 7) is 7.72. The van der Waals surface area contributed by atoms with Gasteiger partial charge in [0, 0.05) is 6.54 Å². The van der Waals surface area contributed by atoms with Crippen LogP contribution in [-0.2, 0) is 4.84 Å². The van der Waals surface area contributed by atoms with Crippen molar-refractivity contribution in [1.82, 2.24) is 5.06 Å². The molecule has 1 heterocycles. The van der Waals surface area contributed by atoms with Gasteiger partial charge in [-0.1, -0.05) is 49.9 Å². The molecule has 76 valence electrons. The van der Waals surface area contributed by atoms with Gasteiger partial charge in [0.15, 0.2) is 0 Å². The molecule has 0 aliphatic carbocycles. The fraction of sp³-hybridized carbons (Fsp3) is 0.333. The van der Waals surface area contributed by atoms with E-state index in [0.717, 1.165) is 13.3 Å². The standard InChI is InChI=1S/C8H8.C4H9NO/c1-2-8-6-4-3-5-7-8;1-2-3-5-4-6-5/h2-7H,1H2;2-4H2,1H3. The third-order valence-electron chi connectivity index (χ3n) is 1.82. The molecule has 2 nitrogen and oxygen atoms in total. The first-order valence-corrected chi connectivity index (χ1v) is 4.92. The van der Waals surface area contributed by atoms with Crippen LogP contribution in [-0.4, -0.2) is 18.3 Å². The van der Waals surface area contributed by atoms with Crippen molar-refractivity contribution in [2.75, 3.05) is 13.3 Å². The van der Waals surface area contributed by atoms with Crippen LogP contribution in [0.15, 0.2) is 36.9 Å². The van der Waals surface area contributed by atoms with Crippen LogP contribution >= 0.6 is 0 Å². The predicted octanol–water partition coefficient (Wildman–Crippen LogP) is 2.93. The number of rotatable bonds is 3. The van der Waals surface area contributed by atoms with Crippen molar-refractivity contribution >= 4 is 6.08 Å². The Kier molecular flexibility index (Phi) is 4.97. The van der Waals surface area contributed by atoms with Crippen molar-refractivity contribution in [3.8, 4) is 0 Å². The molecule has 0 saturated carbocycles. The van der Waals surface area contributed by atoms with E-state index in [0.29, 0.717) is 0 Å². The molecule has 0 N–H and O–H groups in total. The molecule has 1 aromatic carbocycles. The minimum Gasteiger partial charge on any atom is -0.279 e. The maximum absolute atomic E-state index is 4.78.